The molecule has 2 aliphatic heterocycles. The van der Waals surface area contributed by atoms with Gasteiger partial charge in [-0.2, -0.15) is 0 Å². The van der Waals surface area contributed by atoms with Crippen LogP contribution in [-0.2, 0) is 22.5 Å². The molecule has 1 amide bonds. The van der Waals surface area contributed by atoms with Crippen molar-refractivity contribution in [1.29, 1.82) is 0 Å². The first-order valence-electron chi connectivity index (χ1n) is 7.13. The lowest BCUT2D eigenvalue weighted by molar-refractivity contribution is -0.126. The highest BCUT2D eigenvalue weighted by atomic mass is 16.5. The fourth-order valence-electron chi connectivity index (χ4n) is 3.58. The zero-order valence-electron chi connectivity index (χ0n) is 11.1. The Morgan fingerprint density at radius 2 is 2.26 bits per heavy atom. The van der Waals surface area contributed by atoms with Gasteiger partial charge in [0.15, 0.2) is 0 Å². The van der Waals surface area contributed by atoms with E-state index in [2.05, 4.69) is 14.9 Å². The number of hydrogen-bond donors (Lipinski definition) is 1. The van der Waals surface area contributed by atoms with Gasteiger partial charge >= 0.3 is 0 Å². The molecule has 5 heteroatoms. The SMILES string of the molecule is Cc1ncc2n1CCC(C(=O)NC1[C@H]3COC[C@@H]13)C2. The van der Waals surface area contributed by atoms with Crippen LogP contribution in [0.5, 0.6) is 0 Å². The van der Waals surface area contributed by atoms with Gasteiger partial charge in [0.1, 0.15) is 5.82 Å². The van der Waals surface area contributed by atoms with Crippen molar-refractivity contribution in [2.45, 2.75) is 32.4 Å². The molecule has 0 aromatic carbocycles. The molecular weight excluding hydrogens is 242 g/mol. The van der Waals surface area contributed by atoms with Crippen LogP contribution in [0, 0.1) is 24.7 Å². The highest BCUT2D eigenvalue weighted by Gasteiger charge is 2.55. The highest BCUT2D eigenvalue weighted by Crippen LogP contribution is 2.44. The summed E-state index contributed by atoms with van der Waals surface area (Å²) >= 11 is 0. The van der Waals surface area contributed by atoms with E-state index in [0.717, 1.165) is 38.4 Å². The number of carbonyl (C=O) groups excluding carboxylic acids is 1. The number of fused-ring (bicyclic) bond motifs is 2. The third-order valence-corrected chi connectivity index (χ3v) is 4.93. The zero-order valence-corrected chi connectivity index (χ0v) is 11.1. The first kappa shape index (κ1) is 11.5. The van der Waals surface area contributed by atoms with Gasteiger partial charge < -0.3 is 14.6 Å². The van der Waals surface area contributed by atoms with Crippen LogP contribution in [0.15, 0.2) is 6.20 Å². The molecule has 4 rings (SSSR count). The summed E-state index contributed by atoms with van der Waals surface area (Å²) in [7, 11) is 0. The molecule has 1 N–H and O–H groups in total. The molecule has 2 unspecified atom stereocenters. The Morgan fingerprint density at radius 1 is 1.47 bits per heavy atom. The Hall–Kier alpha value is -1.36. The van der Waals surface area contributed by atoms with Gasteiger partial charge in [-0.3, -0.25) is 4.79 Å². The molecule has 1 aromatic rings. The van der Waals surface area contributed by atoms with Crippen molar-refractivity contribution in [3.8, 4) is 0 Å². The van der Waals surface area contributed by atoms with Crippen LogP contribution >= 0.6 is 0 Å². The van der Waals surface area contributed by atoms with Gasteiger partial charge in [-0.15, -0.1) is 0 Å². The summed E-state index contributed by atoms with van der Waals surface area (Å²) in [5, 5.41) is 3.21. The topological polar surface area (TPSA) is 56.2 Å². The Balaban J connectivity index is 1.39. The predicted molar refractivity (Wildman–Crippen MR) is 68.5 cm³/mol. The molecule has 2 fully saturated rings. The Kier molecular flexibility index (Phi) is 2.45. The number of aromatic nitrogens is 2. The molecule has 3 heterocycles. The smallest absolute Gasteiger partial charge is 0.223 e. The Bertz CT molecular complexity index is 515. The van der Waals surface area contributed by atoms with Crippen LogP contribution in [0.4, 0.5) is 0 Å². The van der Waals surface area contributed by atoms with E-state index in [4.69, 9.17) is 4.74 Å². The van der Waals surface area contributed by atoms with E-state index >= 15 is 0 Å². The molecule has 0 spiro atoms. The Labute approximate surface area is 112 Å². The lowest BCUT2D eigenvalue weighted by Crippen LogP contribution is -2.38. The van der Waals surface area contributed by atoms with Gasteiger partial charge in [0.2, 0.25) is 5.91 Å². The molecule has 1 aromatic heterocycles. The van der Waals surface area contributed by atoms with Gasteiger partial charge in [0, 0.05) is 48.7 Å². The van der Waals surface area contributed by atoms with Crippen molar-refractivity contribution >= 4 is 5.91 Å². The monoisotopic (exact) mass is 261 g/mol. The average molecular weight is 261 g/mol. The summed E-state index contributed by atoms with van der Waals surface area (Å²) < 4.78 is 7.58. The fraction of sp³-hybridized carbons (Fsp3) is 0.714. The Morgan fingerprint density at radius 3 is 3.05 bits per heavy atom. The minimum Gasteiger partial charge on any atom is -0.381 e. The maximum Gasteiger partial charge on any atom is 0.223 e. The average Bonchev–Trinajstić information content (AvgIpc) is 2.83. The second-order valence-electron chi connectivity index (χ2n) is 6.04. The van der Waals surface area contributed by atoms with Gasteiger partial charge in [-0.05, 0) is 13.3 Å². The van der Waals surface area contributed by atoms with Crippen LogP contribution in [0.1, 0.15) is 17.9 Å². The number of aryl methyl sites for hydroxylation is 1. The van der Waals surface area contributed by atoms with Crippen LogP contribution in [-0.4, -0.2) is 34.7 Å². The lowest BCUT2D eigenvalue weighted by atomic mass is 9.95. The number of carbonyl (C=O) groups is 1. The molecule has 102 valence electrons. The minimum absolute atomic E-state index is 0.117. The fourth-order valence-corrected chi connectivity index (χ4v) is 3.58. The molecule has 0 bridgehead atoms. The number of rotatable bonds is 2. The third kappa shape index (κ3) is 1.79. The number of nitrogens with zero attached hydrogens (tertiary/aromatic N) is 2. The van der Waals surface area contributed by atoms with Crippen molar-refractivity contribution in [3.05, 3.63) is 17.7 Å². The van der Waals surface area contributed by atoms with Gasteiger partial charge in [-0.25, -0.2) is 4.98 Å². The summed E-state index contributed by atoms with van der Waals surface area (Å²) in [6.07, 6.45) is 3.66. The van der Waals surface area contributed by atoms with Gasteiger partial charge in [0.25, 0.3) is 0 Å². The number of amides is 1. The number of ether oxygens (including phenoxy) is 1. The van der Waals surface area contributed by atoms with Crippen molar-refractivity contribution in [3.63, 3.8) is 0 Å². The first-order valence-corrected chi connectivity index (χ1v) is 7.13. The van der Waals surface area contributed by atoms with Crippen molar-refractivity contribution < 1.29 is 9.53 Å². The molecule has 1 saturated heterocycles. The standard InChI is InChI=1S/C14H19N3O2/c1-8-15-5-10-4-9(2-3-17(8)10)14(18)16-13-11-6-19-7-12(11)13/h5,9,11-13H,2-4,6-7H2,1H3,(H,16,18)/t9?,11-,12+,13?. The van der Waals surface area contributed by atoms with E-state index in [1.807, 2.05) is 13.1 Å². The van der Waals surface area contributed by atoms with E-state index in [1.165, 1.54) is 5.69 Å². The molecule has 19 heavy (non-hydrogen) atoms. The minimum atomic E-state index is 0.117. The normalized spacial score (nSPS) is 35.6. The molecule has 1 saturated carbocycles. The maximum atomic E-state index is 12.3. The molecule has 5 nitrogen and oxygen atoms in total. The molecular formula is C14H19N3O2. The summed E-state index contributed by atoms with van der Waals surface area (Å²) in [5.74, 6) is 2.57. The number of nitrogens with one attached hydrogen (secondary N) is 1. The van der Waals surface area contributed by atoms with Crippen molar-refractivity contribution in [2.75, 3.05) is 13.2 Å². The second kappa shape index (κ2) is 4.07. The number of imidazole rings is 1. The van der Waals surface area contributed by atoms with Crippen LogP contribution in [0.2, 0.25) is 0 Å². The van der Waals surface area contributed by atoms with E-state index < -0.39 is 0 Å². The first-order chi connectivity index (χ1) is 9.24. The molecule has 3 aliphatic rings. The maximum absolute atomic E-state index is 12.3. The number of hydrogen-bond acceptors (Lipinski definition) is 3. The largest absolute Gasteiger partial charge is 0.381 e. The zero-order chi connectivity index (χ0) is 13.0. The van der Waals surface area contributed by atoms with Crippen LogP contribution in [0.25, 0.3) is 0 Å². The van der Waals surface area contributed by atoms with Crippen molar-refractivity contribution in [1.82, 2.24) is 14.9 Å². The van der Waals surface area contributed by atoms with Gasteiger partial charge in [-0.1, -0.05) is 0 Å². The van der Waals surface area contributed by atoms with E-state index in [0.29, 0.717) is 17.9 Å². The van der Waals surface area contributed by atoms with E-state index in [-0.39, 0.29) is 11.8 Å². The second-order valence-corrected chi connectivity index (χ2v) is 6.04. The summed E-state index contributed by atoms with van der Waals surface area (Å²) in [5.41, 5.74) is 1.20. The molecule has 4 atom stereocenters. The predicted octanol–water partition coefficient (Wildman–Crippen LogP) is 0.515. The third-order valence-electron chi connectivity index (χ3n) is 4.93. The van der Waals surface area contributed by atoms with Gasteiger partial charge in [0.05, 0.1) is 13.2 Å². The molecule has 1 aliphatic carbocycles. The molecule has 0 radical (unpaired) electrons. The summed E-state index contributed by atoms with van der Waals surface area (Å²) in [6, 6.07) is 0.384. The summed E-state index contributed by atoms with van der Waals surface area (Å²) in [6.45, 7) is 4.59. The highest BCUT2D eigenvalue weighted by molar-refractivity contribution is 5.79. The van der Waals surface area contributed by atoms with Crippen LogP contribution < -0.4 is 5.32 Å². The van der Waals surface area contributed by atoms with E-state index in [9.17, 15) is 4.79 Å². The van der Waals surface area contributed by atoms with Crippen molar-refractivity contribution in [2.24, 2.45) is 17.8 Å². The van der Waals surface area contributed by atoms with E-state index in [1.54, 1.807) is 0 Å². The van der Waals surface area contributed by atoms with Crippen LogP contribution in [0.3, 0.4) is 0 Å². The quantitative estimate of drug-likeness (QED) is 0.844. The lowest BCUT2D eigenvalue weighted by Gasteiger charge is -2.24. The summed E-state index contributed by atoms with van der Waals surface area (Å²) in [4.78, 5) is 16.6.